The predicted molar refractivity (Wildman–Crippen MR) is 117 cm³/mol. The Morgan fingerprint density at radius 1 is 1.17 bits per heavy atom. The fraction of sp³-hybridized carbons (Fsp3) is 0.389. The molecule has 0 aliphatic rings. The van der Waals surface area contributed by atoms with Crippen molar-refractivity contribution in [1.29, 1.82) is 0 Å². The molecule has 4 nitrogen and oxygen atoms in total. The number of nitrogens with zero attached hydrogens (tertiary/aromatic N) is 2. The zero-order valence-corrected chi connectivity index (χ0v) is 17.3. The van der Waals surface area contributed by atoms with Crippen LogP contribution < -0.4 is 16.0 Å². The Labute approximate surface area is 166 Å². The van der Waals surface area contributed by atoms with Gasteiger partial charge in [0.05, 0.1) is 0 Å². The lowest BCUT2D eigenvalue weighted by Gasteiger charge is -2.18. The minimum Gasteiger partial charge on any atom is -0.375 e. The van der Waals surface area contributed by atoms with Gasteiger partial charge in [-0.1, -0.05) is 24.3 Å². The molecule has 1 aromatic carbocycles. The fourth-order valence-corrected chi connectivity index (χ4v) is 3.01. The van der Waals surface area contributed by atoms with E-state index in [2.05, 4.69) is 64.0 Å². The summed E-state index contributed by atoms with van der Waals surface area (Å²) < 4.78 is 0. The molecule has 0 bridgehead atoms. The lowest BCUT2D eigenvalue weighted by Crippen LogP contribution is -2.33. The molecule has 1 heterocycles. The maximum absolute atomic E-state index is 5.88. The first-order valence-electron chi connectivity index (χ1n) is 8.08. The van der Waals surface area contributed by atoms with Crippen molar-refractivity contribution in [3.63, 3.8) is 0 Å². The van der Waals surface area contributed by atoms with Crippen LogP contribution in [0.5, 0.6) is 0 Å². The Hall–Kier alpha value is -1.28. The molecule has 0 atom stereocenters. The number of para-hydroxylation sites is 1. The third-order valence-corrected chi connectivity index (χ3v) is 4.57. The molecule has 0 saturated heterocycles. The Balaban J connectivity index is 0.00000288. The van der Waals surface area contributed by atoms with Crippen molar-refractivity contribution in [2.75, 3.05) is 31.6 Å². The van der Waals surface area contributed by atoms with Crippen LogP contribution in [0.4, 0.5) is 5.69 Å². The van der Waals surface area contributed by atoms with Gasteiger partial charge in [-0.05, 0) is 42.8 Å². The van der Waals surface area contributed by atoms with Crippen LogP contribution in [0.3, 0.4) is 0 Å². The summed E-state index contributed by atoms with van der Waals surface area (Å²) in [6, 6.07) is 14.7. The Bertz CT molecular complexity index is 572. The van der Waals surface area contributed by atoms with Crippen molar-refractivity contribution < 1.29 is 0 Å². The van der Waals surface area contributed by atoms with E-state index in [1.165, 1.54) is 10.6 Å². The van der Waals surface area contributed by atoms with Crippen molar-refractivity contribution in [2.45, 2.75) is 19.3 Å². The average Bonchev–Trinajstić information content (AvgIpc) is 3.08. The van der Waals surface area contributed by atoms with Crippen molar-refractivity contribution >= 4 is 47.0 Å². The predicted octanol–water partition coefficient (Wildman–Crippen LogP) is 3.73. The summed E-state index contributed by atoms with van der Waals surface area (Å²) in [5.74, 6) is 0.554. The topological polar surface area (TPSA) is 53.6 Å². The maximum Gasteiger partial charge on any atom is 0.188 e. The molecule has 2 aromatic rings. The van der Waals surface area contributed by atoms with Crippen molar-refractivity contribution in [1.82, 2.24) is 5.32 Å². The van der Waals surface area contributed by atoms with Crippen LogP contribution in [-0.4, -0.2) is 32.6 Å². The van der Waals surface area contributed by atoms with Gasteiger partial charge in [-0.3, -0.25) is 4.99 Å². The molecule has 0 fully saturated rings. The fourth-order valence-electron chi connectivity index (χ4n) is 2.30. The number of aliphatic imine (C=N–C) groups is 1. The number of hydrogen-bond acceptors (Lipinski definition) is 3. The van der Waals surface area contributed by atoms with Crippen LogP contribution >= 0.6 is 35.3 Å². The highest BCUT2D eigenvalue weighted by Crippen LogP contribution is 2.11. The third kappa shape index (κ3) is 8.01. The van der Waals surface area contributed by atoms with Gasteiger partial charge in [-0.2, -0.15) is 0 Å². The summed E-state index contributed by atoms with van der Waals surface area (Å²) in [5.41, 5.74) is 7.13. The molecule has 0 aliphatic carbocycles. The number of rotatable bonds is 9. The highest BCUT2D eigenvalue weighted by Gasteiger charge is 1.99. The smallest absolute Gasteiger partial charge is 0.188 e. The van der Waals surface area contributed by atoms with Gasteiger partial charge in [0.2, 0.25) is 0 Å². The molecular formula is C18H27IN4S. The summed E-state index contributed by atoms with van der Waals surface area (Å²) in [7, 11) is 2.12. The van der Waals surface area contributed by atoms with E-state index >= 15 is 0 Å². The van der Waals surface area contributed by atoms with Gasteiger partial charge in [0.1, 0.15) is 0 Å². The van der Waals surface area contributed by atoms with Crippen LogP contribution in [0.2, 0.25) is 0 Å². The summed E-state index contributed by atoms with van der Waals surface area (Å²) >= 11 is 1.77. The number of thiophene rings is 1. The number of nitrogens with two attached hydrogens (primary N) is 1. The number of hydrogen-bond donors (Lipinski definition) is 2. The van der Waals surface area contributed by atoms with E-state index in [0.29, 0.717) is 5.96 Å². The number of unbranched alkanes of at least 4 members (excludes halogenated alkanes) is 1. The van der Waals surface area contributed by atoms with Gasteiger partial charge in [0, 0.05) is 37.2 Å². The largest absolute Gasteiger partial charge is 0.375 e. The van der Waals surface area contributed by atoms with Crippen LogP contribution in [0.25, 0.3) is 0 Å². The molecule has 0 aliphatic heterocycles. The van der Waals surface area contributed by atoms with Crippen LogP contribution in [-0.2, 0) is 6.42 Å². The number of nitrogens with one attached hydrogen (secondary N) is 1. The molecule has 0 saturated carbocycles. The molecule has 2 rings (SSSR count). The summed E-state index contributed by atoms with van der Waals surface area (Å²) in [5, 5.41) is 5.27. The minimum atomic E-state index is 0. The van der Waals surface area contributed by atoms with E-state index in [1.807, 2.05) is 6.07 Å². The second-order valence-electron chi connectivity index (χ2n) is 5.49. The molecule has 6 heteroatoms. The van der Waals surface area contributed by atoms with E-state index in [4.69, 9.17) is 5.73 Å². The first kappa shape index (κ1) is 20.8. The SMILES string of the molecule is CN(CCCCN=C(N)NCCc1cccs1)c1ccccc1.I. The first-order chi connectivity index (χ1) is 11.3. The van der Waals surface area contributed by atoms with E-state index in [-0.39, 0.29) is 24.0 Å². The second kappa shape index (κ2) is 12.1. The zero-order valence-electron chi connectivity index (χ0n) is 14.1. The molecular weight excluding hydrogens is 431 g/mol. The first-order valence-corrected chi connectivity index (χ1v) is 8.96. The zero-order chi connectivity index (χ0) is 16.3. The van der Waals surface area contributed by atoms with E-state index in [0.717, 1.165) is 38.9 Å². The van der Waals surface area contributed by atoms with Crippen molar-refractivity contribution in [2.24, 2.45) is 10.7 Å². The molecule has 132 valence electrons. The minimum absolute atomic E-state index is 0. The summed E-state index contributed by atoms with van der Waals surface area (Å²) in [4.78, 5) is 8.02. The molecule has 1 aromatic heterocycles. The standard InChI is InChI=1S/C18H26N4S.HI/c1-22(16-8-3-2-4-9-16)14-6-5-12-20-18(19)21-13-11-17-10-7-15-23-17;/h2-4,7-10,15H,5-6,11-14H2,1H3,(H3,19,20,21);1H. The summed E-state index contributed by atoms with van der Waals surface area (Å²) in [6.07, 6.45) is 3.15. The lowest BCUT2D eigenvalue weighted by atomic mass is 10.2. The molecule has 0 amide bonds. The van der Waals surface area contributed by atoms with Gasteiger partial charge in [0.15, 0.2) is 5.96 Å². The Morgan fingerprint density at radius 3 is 2.67 bits per heavy atom. The lowest BCUT2D eigenvalue weighted by molar-refractivity contribution is 0.724. The Morgan fingerprint density at radius 2 is 1.96 bits per heavy atom. The van der Waals surface area contributed by atoms with E-state index in [9.17, 15) is 0 Å². The number of halogens is 1. The second-order valence-corrected chi connectivity index (χ2v) is 6.52. The molecule has 24 heavy (non-hydrogen) atoms. The van der Waals surface area contributed by atoms with Crippen LogP contribution in [0, 0.1) is 0 Å². The van der Waals surface area contributed by atoms with Gasteiger partial charge in [0.25, 0.3) is 0 Å². The summed E-state index contributed by atoms with van der Waals surface area (Å²) in [6.45, 7) is 2.65. The molecule has 3 N–H and O–H groups in total. The van der Waals surface area contributed by atoms with Crippen molar-refractivity contribution in [3.8, 4) is 0 Å². The monoisotopic (exact) mass is 458 g/mol. The number of benzene rings is 1. The molecule has 0 spiro atoms. The van der Waals surface area contributed by atoms with Crippen LogP contribution in [0.15, 0.2) is 52.8 Å². The van der Waals surface area contributed by atoms with Gasteiger partial charge >= 0.3 is 0 Å². The van der Waals surface area contributed by atoms with Crippen LogP contribution in [0.1, 0.15) is 17.7 Å². The normalized spacial score (nSPS) is 11.0. The average molecular weight is 458 g/mol. The van der Waals surface area contributed by atoms with Gasteiger partial charge in [-0.25, -0.2) is 0 Å². The third-order valence-electron chi connectivity index (χ3n) is 3.64. The number of anilines is 1. The molecule has 0 unspecified atom stereocenters. The number of guanidine groups is 1. The highest BCUT2D eigenvalue weighted by atomic mass is 127. The highest BCUT2D eigenvalue weighted by molar-refractivity contribution is 14.0. The quantitative estimate of drug-likeness (QED) is 0.261. The maximum atomic E-state index is 5.88. The van der Waals surface area contributed by atoms with Crippen molar-refractivity contribution in [3.05, 3.63) is 52.7 Å². The molecule has 0 radical (unpaired) electrons. The van der Waals surface area contributed by atoms with Gasteiger partial charge < -0.3 is 16.0 Å². The van der Waals surface area contributed by atoms with Gasteiger partial charge in [-0.15, -0.1) is 35.3 Å². The van der Waals surface area contributed by atoms with E-state index in [1.54, 1.807) is 11.3 Å². The van der Waals surface area contributed by atoms with E-state index < -0.39 is 0 Å². The Kier molecular flexibility index (Phi) is 10.5.